The third-order valence-corrected chi connectivity index (χ3v) is 7.75. The molecule has 3 rings (SSSR count). The van der Waals surface area contributed by atoms with Crippen molar-refractivity contribution in [3.05, 3.63) is 51.3 Å². The lowest BCUT2D eigenvalue weighted by Gasteiger charge is -2.32. The zero-order valence-corrected chi connectivity index (χ0v) is 16.4. The molecule has 0 aliphatic carbocycles. The van der Waals surface area contributed by atoms with Crippen LogP contribution in [0.15, 0.2) is 38.3 Å². The molecule has 1 aromatic carbocycles. The van der Waals surface area contributed by atoms with Gasteiger partial charge in [-0.2, -0.15) is 0 Å². The van der Waals surface area contributed by atoms with Gasteiger partial charge in [-0.05, 0) is 58.6 Å². The quantitative estimate of drug-likeness (QED) is 0.754. The first kappa shape index (κ1) is 18.9. The van der Waals surface area contributed by atoms with Crippen LogP contribution >= 0.6 is 27.3 Å². The van der Waals surface area contributed by atoms with Gasteiger partial charge in [0, 0.05) is 25.7 Å². The molecule has 2 aromatic rings. The van der Waals surface area contributed by atoms with Crippen LogP contribution in [0, 0.1) is 11.6 Å². The van der Waals surface area contributed by atoms with Gasteiger partial charge in [-0.1, -0.05) is 6.07 Å². The molecule has 2 heterocycles. The molecule has 0 bridgehead atoms. The summed E-state index contributed by atoms with van der Waals surface area (Å²) in [6, 6.07) is 7.08. The monoisotopic (exact) mass is 450 g/mol. The normalized spacial score (nSPS) is 17.1. The third-order valence-electron chi connectivity index (χ3n) is 4.11. The maximum Gasteiger partial charge on any atom is 0.250 e. The highest BCUT2D eigenvalue weighted by molar-refractivity contribution is 9.11. The number of benzene rings is 1. The molecular formula is C16H17BrF2N2O2S2. The molecule has 1 N–H and O–H groups in total. The van der Waals surface area contributed by atoms with Crippen molar-refractivity contribution >= 4 is 37.3 Å². The van der Waals surface area contributed by atoms with E-state index < -0.39 is 21.7 Å². The summed E-state index contributed by atoms with van der Waals surface area (Å²) in [4.78, 5) is 2.11. The van der Waals surface area contributed by atoms with Crippen molar-refractivity contribution < 1.29 is 17.2 Å². The molecule has 0 radical (unpaired) electrons. The highest BCUT2D eigenvalue weighted by Crippen LogP contribution is 2.26. The molecule has 0 saturated carbocycles. The maximum atomic E-state index is 13.3. The number of hydrogen-bond acceptors (Lipinski definition) is 4. The lowest BCUT2D eigenvalue weighted by Crippen LogP contribution is -2.44. The molecule has 0 unspecified atom stereocenters. The number of piperidine rings is 1. The molecule has 1 aliphatic rings. The van der Waals surface area contributed by atoms with E-state index in [1.165, 1.54) is 17.4 Å². The molecule has 0 spiro atoms. The van der Waals surface area contributed by atoms with Gasteiger partial charge >= 0.3 is 0 Å². The van der Waals surface area contributed by atoms with Crippen LogP contribution < -0.4 is 4.72 Å². The molecule has 4 nitrogen and oxygen atoms in total. The highest BCUT2D eigenvalue weighted by atomic mass is 79.9. The van der Waals surface area contributed by atoms with E-state index in [0.29, 0.717) is 42.2 Å². The van der Waals surface area contributed by atoms with Gasteiger partial charge in [0.15, 0.2) is 11.6 Å². The minimum Gasteiger partial charge on any atom is -0.299 e. The number of sulfonamides is 1. The van der Waals surface area contributed by atoms with Crippen LogP contribution in [0.3, 0.4) is 0 Å². The van der Waals surface area contributed by atoms with Gasteiger partial charge in [0.05, 0.1) is 3.79 Å². The fraction of sp³-hybridized carbons (Fsp3) is 0.375. The Kier molecular flexibility index (Phi) is 5.89. The Labute approximate surface area is 158 Å². The van der Waals surface area contributed by atoms with Crippen LogP contribution in [-0.4, -0.2) is 32.4 Å². The predicted octanol–water partition coefficient (Wildman–Crippen LogP) is 3.73. The molecule has 0 amide bonds. The Hall–Kier alpha value is -0.870. The van der Waals surface area contributed by atoms with Gasteiger partial charge in [-0.25, -0.2) is 21.9 Å². The van der Waals surface area contributed by atoms with E-state index in [4.69, 9.17) is 0 Å². The Morgan fingerprint density at radius 2 is 1.88 bits per heavy atom. The van der Waals surface area contributed by atoms with E-state index in [9.17, 15) is 17.2 Å². The number of thiophene rings is 1. The van der Waals surface area contributed by atoms with Crippen LogP contribution in [-0.2, 0) is 16.6 Å². The standard InChI is InChI=1S/C16H17BrF2N2O2S2/c17-15-3-4-16(24-15)25(22,23)20-12-5-7-21(8-6-12)10-11-1-2-13(18)14(19)9-11/h1-4,9,12,20H,5-8,10H2. The second kappa shape index (κ2) is 7.79. The van der Waals surface area contributed by atoms with Crippen LogP contribution in [0.25, 0.3) is 0 Å². The van der Waals surface area contributed by atoms with E-state index in [0.717, 1.165) is 9.85 Å². The summed E-state index contributed by atoms with van der Waals surface area (Å²) in [5.41, 5.74) is 0.710. The van der Waals surface area contributed by atoms with E-state index in [-0.39, 0.29) is 6.04 Å². The van der Waals surface area contributed by atoms with Crippen LogP contribution in [0.2, 0.25) is 0 Å². The number of hydrogen-bond donors (Lipinski definition) is 1. The smallest absolute Gasteiger partial charge is 0.250 e. The summed E-state index contributed by atoms with van der Waals surface area (Å²) in [7, 11) is -3.50. The topological polar surface area (TPSA) is 49.4 Å². The van der Waals surface area contributed by atoms with Crippen molar-refractivity contribution in [2.24, 2.45) is 0 Å². The first-order valence-corrected chi connectivity index (χ1v) is 10.9. The molecule has 1 saturated heterocycles. The third kappa shape index (κ3) is 4.85. The first-order chi connectivity index (χ1) is 11.8. The molecule has 136 valence electrons. The zero-order chi connectivity index (χ0) is 18.0. The van der Waals surface area contributed by atoms with E-state index in [1.54, 1.807) is 18.2 Å². The van der Waals surface area contributed by atoms with Gasteiger partial charge in [0.2, 0.25) is 10.0 Å². The van der Waals surface area contributed by atoms with Crippen LogP contribution in [0.1, 0.15) is 18.4 Å². The molecule has 9 heteroatoms. The maximum absolute atomic E-state index is 13.3. The molecular weight excluding hydrogens is 434 g/mol. The van der Waals surface area contributed by atoms with Crippen molar-refractivity contribution in [2.75, 3.05) is 13.1 Å². The van der Waals surface area contributed by atoms with Crippen molar-refractivity contribution in [3.63, 3.8) is 0 Å². The average molecular weight is 451 g/mol. The van der Waals surface area contributed by atoms with Crippen molar-refractivity contribution in [1.29, 1.82) is 0 Å². The summed E-state index contributed by atoms with van der Waals surface area (Å²) in [5.74, 6) is -1.70. The minimum atomic E-state index is -3.50. The van der Waals surface area contributed by atoms with Gasteiger partial charge in [0.25, 0.3) is 0 Å². The van der Waals surface area contributed by atoms with Gasteiger partial charge in [-0.3, -0.25) is 4.90 Å². The first-order valence-electron chi connectivity index (χ1n) is 7.77. The number of rotatable bonds is 5. The Balaban J connectivity index is 1.54. The molecule has 1 aromatic heterocycles. The molecule has 1 aliphatic heterocycles. The summed E-state index contributed by atoms with van der Waals surface area (Å²) < 4.78 is 54.7. The largest absolute Gasteiger partial charge is 0.299 e. The Morgan fingerprint density at radius 1 is 1.16 bits per heavy atom. The van der Waals surface area contributed by atoms with Crippen LogP contribution in [0.5, 0.6) is 0 Å². The van der Waals surface area contributed by atoms with E-state index >= 15 is 0 Å². The van der Waals surface area contributed by atoms with Gasteiger partial charge in [0.1, 0.15) is 4.21 Å². The highest BCUT2D eigenvalue weighted by Gasteiger charge is 2.25. The van der Waals surface area contributed by atoms with E-state index in [2.05, 4.69) is 25.6 Å². The summed E-state index contributed by atoms with van der Waals surface area (Å²) in [5, 5.41) is 0. The molecule has 1 fully saturated rings. The predicted molar refractivity (Wildman–Crippen MR) is 97.0 cm³/mol. The van der Waals surface area contributed by atoms with Crippen molar-refractivity contribution in [3.8, 4) is 0 Å². The van der Waals surface area contributed by atoms with Gasteiger partial charge in [-0.15, -0.1) is 11.3 Å². The Morgan fingerprint density at radius 3 is 2.48 bits per heavy atom. The van der Waals surface area contributed by atoms with Gasteiger partial charge < -0.3 is 0 Å². The fourth-order valence-corrected chi connectivity index (χ4v) is 6.16. The molecule has 0 atom stereocenters. The second-order valence-electron chi connectivity index (χ2n) is 5.98. The summed E-state index contributed by atoms with van der Waals surface area (Å²) in [6.45, 7) is 1.91. The SMILES string of the molecule is O=S(=O)(NC1CCN(Cc2ccc(F)c(F)c2)CC1)c1ccc(Br)s1. The number of likely N-dealkylation sites (tertiary alicyclic amines) is 1. The lowest BCUT2D eigenvalue weighted by atomic mass is 10.1. The van der Waals surface area contributed by atoms with Crippen molar-refractivity contribution in [2.45, 2.75) is 29.6 Å². The zero-order valence-electron chi connectivity index (χ0n) is 13.2. The molecule has 25 heavy (non-hydrogen) atoms. The van der Waals surface area contributed by atoms with Crippen LogP contribution in [0.4, 0.5) is 8.78 Å². The number of nitrogens with zero attached hydrogens (tertiary/aromatic N) is 1. The second-order valence-corrected chi connectivity index (χ2v) is 10.4. The number of nitrogens with one attached hydrogen (secondary N) is 1. The lowest BCUT2D eigenvalue weighted by molar-refractivity contribution is 0.199. The summed E-state index contributed by atoms with van der Waals surface area (Å²) >= 11 is 4.45. The summed E-state index contributed by atoms with van der Waals surface area (Å²) in [6.07, 6.45) is 1.35. The Bertz CT molecular complexity index is 850. The minimum absolute atomic E-state index is 0.118. The number of halogens is 3. The fourth-order valence-electron chi connectivity index (χ4n) is 2.82. The average Bonchev–Trinajstić information content (AvgIpc) is 3.00. The van der Waals surface area contributed by atoms with Crippen molar-refractivity contribution in [1.82, 2.24) is 9.62 Å². The van der Waals surface area contributed by atoms with E-state index in [1.807, 2.05) is 0 Å².